The van der Waals surface area contributed by atoms with E-state index < -0.39 is 6.04 Å². The number of amides is 2. The summed E-state index contributed by atoms with van der Waals surface area (Å²) in [6.07, 6.45) is 0. The number of nitrogens with zero attached hydrogens (tertiary/aromatic N) is 1. The van der Waals surface area contributed by atoms with Gasteiger partial charge in [-0.3, -0.25) is 9.59 Å². The van der Waals surface area contributed by atoms with Crippen molar-refractivity contribution < 1.29 is 9.59 Å². The maximum absolute atomic E-state index is 12.1. The van der Waals surface area contributed by atoms with E-state index in [0.717, 1.165) is 4.90 Å². The highest BCUT2D eigenvalue weighted by molar-refractivity contribution is 7.80. The van der Waals surface area contributed by atoms with Gasteiger partial charge in [0.15, 0.2) is 0 Å². The Morgan fingerprint density at radius 3 is 3.06 bits per heavy atom. The Kier molecular flexibility index (Phi) is 3.20. The Labute approximate surface area is 103 Å². The number of thiophene rings is 1. The van der Waals surface area contributed by atoms with Crippen molar-refractivity contribution in [2.45, 2.75) is 17.9 Å². The van der Waals surface area contributed by atoms with Crippen LogP contribution in [0.4, 0.5) is 0 Å². The van der Waals surface area contributed by atoms with E-state index >= 15 is 0 Å². The van der Waals surface area contributed by atoms with Crippen LogP contribution in [0.25, 0.3) is 0 Å². The number of carbonyl (C=O) groups is 2. The van der Waals surface area contributed by atoms with Gasteiger partial charge in [-0.05, 0) is 13.0 Å². The molecule has 4 nitrogen and oxygen atoms in total. The first-order valence-corrected chi connectivity index (χ1v) is 6.28. The number of piperazine rings is 1. The molecule has 2 amide bonds. The van der Waals surface area contributed by atoms with Crippen molar-refractivity contribution >= 4 is 35.8 Å². The van der Waals surface area contributed by atoms with E-state index in [2.05, 4.69) is 17.9 Å². The third-order valence-electron chi connectivity index (χ3n) is 2.56. The maximum Gasteiger partial charge on any atom is 0.264 e. The third kappa shape index (κ3) is 2.08. The Morgan fingerprint density at radius 2 is 2.44 bits per heavy atom. The summed E-state index contributed by atoms with van der Waals surface area (Å²) in [6, 6.07) is 1.33. The molecule has 0 aromatic carbocycles. The smallest absolute Gasteiger partial charge is 0.264 e. The minimum Gasteiger partial charge on any atom is -0.353 e. The first kappa shape index (κ1) is 11.5. The monoisotopic (exact) mass is 256 g/mol. The van der Waals surface area contributed by atoms with Gasteiger partial charge in [0.1, 0.15) is 6.04 Å². The van der Waals surface area contributed by atoms with Gasteiger partial charge in [0.25, 0.3) is 5.91 Å². The molecular formula is C10H12N2O2S2. The Balaban J connectivity index is 2.18. The molecule has 86 valence electrons. The summed E-state index contributed by atoms with van der Waals surface area (Å²) < 4.78 is 0. The lowest BCUT2D eigenvalue weighted by Gasteiger charge is -2.32. The third-order valence-corrected chi connectivity index (χ3v) is 3.91. The number of rotatable bonds is 1. The lowest BCUT2D eigenvalue weighted by Crippen LogP contribution is -2.55. The molecule has 0 aliphatic carbocycles. The second kappa shape index (κ2) is 4.47. The molecule has 6 heteroatoms. The zero-order valence-electron chi connectivity index (χ0n) is 8.77. The Hall–Kier alpha value is -1.01. The average Bonchev–Trinajstić information content (AvgIpc) is 2.68. The fourth-order valence-electron chi connectivity index (χ4n) is 1.64. The van der Waals surface area contributed by atoms with Gasteiger partial charge in [0, 0.05) is 23.4 Å². The van der Waals surface area contributed by atoms with E-state index in [0.29, 0.717) is 18.0 Å². The quantitative estimate of drug-likeness (QED) is 0.736. The van der Waals surface area contributed by atoms with E-state index in [4.69, 9.17) is 0 Å². The van der Waals surface area contributed by atoms with Crippen LogP contribution in [0.2, 0.25) is 0 Å². The minimum atomic E-state index is -0.397. The summed E-state index contributed by atoms with van der Waals surface area (Å²) in [6.45, 7) is 2.82. The number of thiol groups is 1. The van der Waals surface area contributed by atoms with Crippen molar-refractivity contribution in [1.82, 2.24) is 10.2 Å². The zero-order chi connectivity index (χ0) is 11.7. The summed E-state index contributed by atoms with van der Waals surface area (Å²) in [5.41, 5.74) is 0. The molecule has 0 bridgehead atoms. The second-order valence-corrected chi connectivity index (χ2v) is 5.06. The highest BCUT2D eigenvalue weighted by Gasteiger charge is 2.30. The molecule has 1 aromatic heterocycles. The van der Waals surface area contributed by atoms with Crippen LogP contribution >= 0.6 is 24.0 Å². The van der Waals surface area contributed by atoms with Crippen molar-refractivity contribution in [2.24, 2.45) is 0 Å². The van der Waals surface area contributed by atoms with Crippen LogP contribution in [-0.2, 0) is 4.79 Å². The Bertz CT molecular complexity index is 430. The second-order valence-electron chi connectivity index (χ2n) is 3.63. The van der Waals surface area contributed by atoms with Gasteiger partial charge in [0.2, 0.25) is 5.91 Å². The molecule has 0 saturated carbocycles. The van der Waals surface area contributed by atoms with E-state index in [-0.39, 0.29) is 11.8 Å². The van der Waals surface area contributed by atoms with Crippen LogP contribution in [0, 0.1) is 0 Å². The molecule has 1 aliphatic rings. The van der Waals surface area contributed by atoms with E-state index in [9.17, 15) is 9.59 Å². The molecule has 1 N–H and O–H groups in total. The van der Waals surface area contributed by atoms with Gasteiger partial charge >= 0.3 is 0 Å². The van der Waals surface area contributed by atoms with Crippen molar-refractivity contribution in [3.63, 3.8) is 0 Å². The largest absolute Gasteiger partial charge is 0.353 e. The minimum absolute atomic E-state index is 0.0901. The molecule has 1 atom stereocenters. The summed E-state index contributed by atoms with van der Waals surface area (Å²) in [5.74, 6) is -0.185. The van der Waals surface area contributed by atoms with Gasteiger partial charge < -0.3 is 10.2 Å². The van der Waals surface area contributed by atoms with Gasteiger partial charge in [-0.25, -0.2) is 0 Å². The zero-order valence-corrected chi connectivity index (χ0v) is 10.5. The molecule has 2 rings (SSSR count). The molecule has 1 unspecified atom stereocenters. The molecule has 0 radical (unpaired) electrons. The Morgan fingerprint density at radius 1 is 1.69 bits per heavy atom. The molecule has 16 heavy (non-hydrogen) atoms. The summed E-state index contributed by atoms with van der Waals surface area (Å²) in [5, 5.41) is 4.54. The first-order chi connectivity index (χ1) is 7.59. The lowest BCUT2D eigenvalue weighted by atomic mass is 10.2. The van der Waals surface area contributed by atoms with Crippen LogP contribution in [0.3, 0.4) is 0 Å². The lowest BCUT2D eigenvalue weighted by molar-refractivity contribution is -0.127. The van der Waals surface area contributed by atoms with Gasteiger partial charge in [0.05, 0.1) is 4.88 Å². The fourth-order valence-corrected chi connectivity index (χ4v) is 2.74. The molecule has 1 saturated heterocycles. The molecular weight excluding hydrogens is 244 g/mol. The predicted octanol–water partition coefficient (Wildman–Crippen LogP) is 0.997. The highest BCUT2D eigenvalue weighted by atomic mass is 32.1. The summed E-state index contributed by atoms with van der Waals surface area (Å²) in [4.78, 5) is 26.5. The SMILES string of the molecule is CC1C(=O)NCCN1C(=O)c1cc(S)cs1. The van der Waals surface area contributed by atoms with Crippen LogP contribution in [0.5, 0.6) is 0 Å². The molecule has 2 heterocycles. The maximum atomic E-state index is 12.1. The van der Waals surface area contributed by atoms with Crippen molar-refractivity contribution in [3.05, 3.63) is 16.3 Å². The highest BCUT2D eigenvalue weighted by Crippen LogP contribution is 2.20. The number of hydrogen-bond acceptors (Lipinski definition) is 4. The van der Waals surface area contributed by atoms with Crippen LogP contribution in [0.15, 0.2) is 16.3 Å². The molecule has 1 aromatic rings. The summed E-state index contributed by atoms with van der Waals surface area (Å²) >= 11 is 5.52. The number of nitrogens with one attached hydrogen (secondary N) is 1. The predicted molar refractivity (Wildman–Crippen MR) is 65.1 cm³/mol. The fraction of sp³-hybridized carbons (Fsp3) is 0.400. The van der Waals surface area contributed by atoms with Crippen LogP contribution in [0.1, 0.15) is 16.6 Å². The molecule has 1 aliphatic heterocycles. The average molecular weight is 256 g/mol. The van der Waals surface area contributed by atoms with E-state index in [1.807, 2.05) is 5.38 Å². The topological polar surface area (TPSA) is 49.4 Å². The molecule has 1 fully saturated rings. The van der Waals surface area contributed by atoms with Gasteiger partial charge in [-0.2, -0.15) is 0 Å². The summed E-state index contributed by atoms with van der Waals surface area (Å²) in [7, 11) is 0. The van der Waals surface area contributed by atoms with Gasteiger partial charge in [-0.1, -0.05) is 0 Å². The van der Waals surface area contributed by atoms with Crippen molar-refractivity contribution in [1.29, 1.82) is 0 Å². The number of carbonyl (C=O) groups excluding carboxylic acids is 2. The first-order valence-electron chi connectivity index (χ1n) is 4.96. The van der Waals surface area contributed by atoms with Crippen LogP contribution in [-0.4, -0.2) is 35.8 Å². The molecule has 0 spiro atoms. The van der Waals surface area contributed by atoms with Gasteiger partial charge in [-0.15, -0.1) is 24.0 Å². The van der Waals surface area contributed by atoms with Crippen molar-refractivity contribution in [2.75, 3.05) is 13.1 Å². The number of hydrogen-bond donors (Lipinski definition) is 2. The van der Waals surface area contributed by atoms with E-state index in [1.54, 1.807) is 17.9 Å². The standard InChI is InChI=1S/C10H12N2O2S2/c1-6-9(13)11-2-3-12(6)10(14)8-4-7(15)5-16-8/h4-6,15H,2-3H2,1H3,(H,11,13). The normalized spacial score (nSPS) is 20.8. The van der Waals surface area contributed by atoms with Crippen molar-refractivity contribution in [3.8, 4) is 0 Å². The van der Waals surface area contributed by atoms with E-state index in [1.165, 1.54) is 11.3 Å². The van der Waals surface area contributed by atoms with Crippen LogP contribution < -0.4 is 5.32 Å².